The Bertz CT molecular complexity index is 588. The number of carbonyl (C=O) groups is 2. The first-order valence-corrected chi connectivity index (χ1v) is 8.98. The molecule has 0 radical (unpaired) electrons. The second kappa shape index (κ2) is 7.50. The Morgan fingerprint density at radius 2 is 2.00 bits per heavy atom. The van der Waals surface area contributed by atoms with Gasteiger partial charge in [0.2, 0.25) is 11.8 Å². The van der Waals surface area contributed by atoms with E-state index in [0.29, 0.717) is 29.2 Å². The molecule has 9 heteroatoms. The molecule has 23 heavy (non-hydrogen) atoms. The van der Waals surface area contributed by atoms with E-state index in [-0.39, 0.29) is 17.1 Å². The number of hydrogen-bond donors (Lipinski definition) is 0. The summed E-state index contributed by atoms with van der Waals surface area (Å²) in [7, 11) is 5.54. The summed E-state index contributed by atoms with van der Waals surface area (Å²) in [6.45, 7) is 6.82. The number of carbonyl (C=O) groups excluding carboxylic acids is 2. The minimum atomic E-state index is -0.195. The molecule has 0 aromatic carbocycles. The van der Waals surface area contributed by atoms with E-state index >= 15 is 0 Å². The average Bonchev–Trinajstić information content (AvgIpc) is 2.91. The predicted octanol–water partition coefficient (Wildman–Crippen LogP) is 0.900. The highest BCUT2D eigenvalue weighted by atomic mass is 32.2. The van der Waals surface area contributed by atoms with Gasteiger partial charge in [-0.3, -0.25) is 19.4 Å². The van der Waals surface area contributed by atoms with Crippen LogP contribution in [0.5, 0.6) is 0 Å². The van der Waals surface area contributed by atoms with Crippen LogP contribution in [0, 0.1) is 0 Å². The molecule has 2 aliphatic rings. The fourth-order valence-corrected chi connectivity index (χ4v) is 4.12. The van der Waals surface area contributed by atoms with Crippen molar-refractivity contribution in [2.45, 2.75) is 12.2 Å². The van der Waals surface area contributed by atoms with Gasteiger partial charge >= 0.3 is 0 Å². The first-order valence-electron chi connectivity index (χ1n) is 7.11. The van der Waals surface area contributed by atoms with Crippen LogP contribution in [0.15, 0.2) is 22.4 Å². The van der Waals surface area contributed by atoms with Gasteiger partial charge in [-0.1, -0.05) is 35.7 Å². The molecule has 2 fully saturated rings. The van der Waals surface area contributed by atoms with Crippen LogP contribution in [0.25, 0.3) is 0 Å². The standard InChI is InChI=1S/C14H21N5O2S2/c1-9(2)6-19-12(21)10(7-17(3)4)23-14(19)16-15-13-18(5)11(20)8-22-13/h10H,1,6-8H2,2-5H3. The molecule has 0 aromatic heterocycles. The van der Waals surface area contributed by atoms with Crippen molar-refractivity contribution in [3.05, 3.63) is 12.2 Å². The number of nitrogens with zero attached hydrogens (tertiary/aromatic N) is 5. The number of hydrogen-bond acceptors (Lipinski definition) is 7. The highest BCUT2D eigenvalue weighted by Crippen LogP contribution is 2.29. The van der Waals surface area contributed by atoms with E-state index in [2.05, 4.69) is 16.8 Å². The SMILES string of the molecule is C=C(C)CN1C(=O)C(CN(C)C)SC1=NN=C1SCC(=O)N1C. The zero-order valence-electron chi connectivity index (χ0n) is 13.8. The van der Waals surface area contributed by atoms with Crippen LogP contribution in [0.2, 0.25) is 0 Å². The van der Waals surface area contributed by atoms with Gasteiger partial charge in [0.25, 0.3) is 0 Å². The summed E-state index contributed by atoms with van der Waals surface area (Å²) in [6, 6.07) is 0. The molecule has 0 saturated carbocycles. The highest BCUT2D eigenvalue weighted by Gasteiger charge is 2.38. The van der Waals surface area contributed by atoms with Crippen molar-refractivity contribution in [2.75, 3.05) is 40.0 Å². The molecule has 126 valence electrons. The largest absolute Gasteiger partial charge is 0.308 e. The Kier molecular flexibility index (Phi) is 5.88. The minimum absolute atomic E-state index is 0.00776. The molecule has 7 nitrogen and oxygen atoms in total. The van der Waals surface area contributed by atoms with Gasteiger partial charge in [0, 0.05) is 20.1 Å². The van der Waals surface area contributed by atoms with Crippen LogP contribution in [0.1, 0.15) is 6.92 Å². The quantitative estimate of drug-likeness (QED) is 0.541. The van der Waals surface area contributed by atoms with Crippen LogP contribution >= 0.6 is 23.5 Å². The fourth-order valence-electron chi connectivity index (χ4n) is 2.06. The molecule has 0 aliphatic carbocycles. The van der Waals surface area contributed by atoms with Gasteiger partial charge in [-0.2, -0.15) is 0 Å². The summed E-state index contributed by atoms with van der Waals surface area (Å²) < 4.78 is 0. The average molecular weight is 355 g/mol. The third-order valence-electron chi connectivity index (χ3n) is 3.19. The summed E-state index contributed by atoms with van der Waals surface area (Å²) in [4.78, 5) is 29.1. The van der Waals surface area contributed by atoms with Crippen molar-refractivity contribution in [3.8, 4) is 0 Å². The van der Waals surface area contributed by atoms with E-state index < -0.39 is 0 Å². The fraction of sp³-hybridized carbons (Fsp3) is 0.571. The van der Waals surface area contributed by atoms with Crippen molar-refractivity contribution in [3.63, 3.8) is 0 Å². The summed E-state index contributed by atoms with van der Waals surface area (Å²) in [5, 5.41) is 9.31. The molecule has 0 N–H and O–H groups in total. The van der Waals surface area contributed by atoms with Crippen molar-refractivity contribution >= 4 is 45.7 Å². The molecule has 0 aromatic rings. The minimum Gasteiger partial charge on any atom is -0.308 e. The van der Waals surface area contributed by atoms with E-state index in [4.69, 9.17) is 0 Å². The van der Waals surface area contributed by atoms with Gasteiger partial charge < -0.3 is 4.90 Å². The second-order valence-corrected chi connectivity index (χ2v) is 7.87. The van der Waals surface area contributed by atoms with Crippen molar-refractivity contribution in [1.29, 1.82) is 0 Å². The lowest BCUT2D eigenvalue weighted by Crippen LogP contribution is -2.36. The van der Waals surface area contributed by atoms with E-state index in [1.807, 2.05) is 25.9 Å². The Labute approximate surface area is 144 Å². The zero-order chi connectivity index (χ0) is 17.1. The van der Waals surface area contributed by atoms with E-state index in [9.17, 15) is 9.59 Å². The van der Waals surface area contributed by atoms with Crippen LogP contribution in [-0.4, -0.2) is 82.1 Å². The Balaban J connectivity index is 2.21. The topological polar surface area (TPSA) is 68.6 Å². The van der Waals surface area contributed by atoms with Crippen molar-refractivity contribution < 1.29 is 9.59 Å². The Morgan fingerprint density at radius 3 is 2.52 bits per heavy atom. The lowest BCUT2D eigenvalue weighted by molar-refractivity contribution is -0.126. The third-order valence-corrected chi connectivity index (χ3v) is 5.34. The van der Waals surface area contributed by atoms with E-state index in [0.717, 1.165) is 5.57 Å². The maximum atomic E-state index is 12.5. The molecule has 0 bridgehead atoms. The third kappa shape index (κ3) is 4.36. The Morgan fingerprint density at radius 1 is 1.35 bits per heavy atom. The Hall–Kier alpha value is -1.32. The monoisotopic (exact) mass is 355 g/mol. The normalized spacial score (nSPS) is 25.5. The molecule has 1 atom stereocenters. The maximum absolute atomic E-state index is 12.5. The van der Waals surface area contributed by atoms with Crippen molar-refractivity contribution in [2.24, 2.45) is 10.2 Å². The molecule has 0 spiro atoms. The molecule has 2 aliphatic heterocycles. The van der Waals surface area contributed by atoms with E-state index in [1.165, 1.54) is 28.4 Å². The molecule has 2 heterocycles. The molecule has 2 saturated heterocycles. The molecular weight excluding hydrogens is 334 g/mol. The number of thioether (sulfide) groups is 2. The summed E-state index contributed by atoms with van der Waals surface area (Å²) in [5.41, 5.74) is 0.882. The van der Waals surface area contributed by atoms with Gasteiger partial charge in [-0.25, -0.2) is 0 Å². The van der Waals surface area contributed by atoms with Gasteiger partial charge in [0.05, 0.1) is 5.75 Å². The first kappa shape index (κ1) is 18.0. The first-order chi connectivity index (χ1) is 10.8. The number of amides is 2. The summed E-state index contributed by atoms with van der Waals surface area (Å²) >= 11 is 2.76. The van der Waals surface area contributed by atoms with Gasteiger partial charge in [-0.05, 0) is 21.0 Å². The van der Waals surface area contributed by atoms with Gasteiger partial charge in [0.1, 0.15) is 5.25 Å². The second-order valence-electron chi connectivity index (χ2n) is 5.76. The number of amidine groups is 2. The molecule has 2 amide bonds. The summed E-state index contributed by atoms with van der Waals surface area (Å²) in [6.07, 6.45) is 0. The lowest BCUT2D eigenvalue weighted by Gasteiger charge is -2.16. The van der Waals surface area contributed by atoms with Crippen LogP contribution in [-0.2, 0) is 9.59 Å². The van der Waals surface area contributed by atoms with E-state index in [1.54, 1.807) is 11.9 Å². The highest BCUT2D eigenvalue weighted by molar-refractivity contribution is 8.15. The van der Waals surface area contributed by atoms with Crippen LogP contribution in [0.3, 0.4) is 0 Å². The van der Waals surface area contributed by atoms with Crippen LogP contribution < -0.4 is 0 Å². The summed E-state index contributed by atoms with van der Waals surface area (Å²) in [5.74, 6) is 0.410. The molecular formula is C14H21N5O2S2. The molecule has 1 unspecified atom stereocenters. The van der Waals surface area contributed by atoms with Crippen molar-refractivity contribution in [1.82, 2.24) is 14.7 Å². The zero-order valence-corrected chi connectivity index (χ0v) is 15.4. The van der Waals surface area contributed by atoms with Gasteiger partial charge in [0.15, 0.2) is 10.3 Å². The molecule has 2 rings (SSSR count). The number of rotatable bonds is 5. The maximum Gasteiger partial charge on any atom is 0.243 e. The predicted molar refractivity (Wildman–Crippen MR) is 96.6 cm³/mol. The van der Waals surface area contributed by atoms with Crippen LogP contribution in [0.4, 0.5) is 0 Å². The van der Waals surface area contributed by atoms with Gasteiger partial charge in [-0.15, -0.1) is 10.2 Å². The lowest BCUT2D eigenvalue weighted by atomic mass is 10.3. The smallest absolute Gasteiger partial charge is 0.243 e.